The van der Waals surface area contributed by atoms with Crippen LogP contribution < -0.4 is 5.73 Å². The summed E-state index contributed by atoms with van der Waals surface area (Å²) in [5.74, 6) is -0.979. The minimum atomic E-state index is -0.979. The van der Waals surface area contributed by atoms with E-state index in [2.05, 4.69) is 4.98 Å². The zero-order valence-electron chi connectivity index (χ0n) is 9.78. The van der Waals surface area contributed by atoms with Gasteiger partial charge in [0, 0.05) is 12.4 Å². The summed E-state index contributed by atoms with van der Waals surface area (Å²) in [4.78, 5) is 14.6. The first-order chi connectivity index (χ1) is 8.66. The van der Waals surface area contributed by atoms with Crippen molar-refractivity contribution in [3.63, 3.8) is 0 Å². The lowest BCUT2D eigenvalue weighted by atomic mass is 10.0. The number of nitrogens with zero attached hydrogens (tertiary/aromatic N) is 1. The van der Waals surface area contributed by atoms with Gasteiger partial charge in [0.2, 0.25) is 0 Å². The standard InChI is InChI=1S/C14H14N2O2/c15-13(14(17)18)9-10-1-3-11(4-2-10)12-5-7-16-8-6-12/h1-8,13H,9,15H2,(H,17,18). The molecule has 0 radical (unpaired) electrons. The number of aliphatic carboxylic acids is 1. The van der Waals surface area contributed by atoms with Crippen LogP contribution in [0.2, 0.25) is 0 Å². The fraction of sp³-hybridized carbons (Fsp3) is 0.143. The van der Waals surface area contributed by atoms with Crippen molar-refractivity contribution in [1.82, 2.24) is 4.98 Å². The number of carboxylic acid groups (broad SMARTS) is 1. The smallest absolute Gasteiger partial charge is 0.320 e. The van der Waals surface area contributed by atoms with Crippen LogP contribution in [0.3, 0.4) is 0 Å². The summed E-state index contributed by atoms with van der Waals surface area (Å²) < 4.78 is 0. The van der Waals surface area contributed by atoms with Crippen LogP contribution in [0, 0.1) is 0 Å². The Kier molecular flexibility index (Phi) is 3.69. The summed E-state index contributed by atoms with van der Waals surface area (Å²) in [6.45, 7) is 0. The Morgan fingerprint density at radius 3 is 2.22 bits per heavy atom. The monoisotopic (exact) mass is 242 g/mol. The number of rotatable bonds is 4. The summed E-state index contributed by atoms with van der Waals surface area (Å²) >= 11 is 0. The van der Waals surface area contributed by atoms with Gasteiger partial charge < -0.3 is 10.8 Å². The number of aromatic nitrogens is 1. The van der Waals surface area contributed by atoms with E-state index in [0.717, 1.165) is 16.7 Å². The second kappa shape index (κ2) is 5.42. The van der Waals surface area contributed by atoms with Gasteiger partial charge in [-0.2, -0.15) is 0 Å². The molecular formula is C14H14N2O2. The van der Waals surface area contributed by atoms with Gasteiger partial charge in [-0.05, 0) is 35.2 Å². The van der Waals surface area contributed by atoms with Crippen LogP contribution in [-0.4, -0.2) is 22.1 Å². The van der Waals surface area contributed by atoms with Crippen LogP contribution in [0.25, 0.3) is 11.1 Å². The number of carboxylic acids is 1. The molecule has 0 aliphatic heterocycles. The Bertz CT molecular complexity index is 523. The molecule has 0 aliphatic carbocycles. The second-order valence-corrected chi connectivity index (χ2v) is 4.08. The van der Waals surface area contributed by atoms with Gasteiger partial charge in [-0.25, -0.2) is 0 Å². The molecular weight excluding hydrogens is 228 g/mol. The van der Waals surface area contributed by atoms with Gasteiger partial charge in [0.15, 0.2) is 0 Å². The van der Waals surface area contributed by atoms with Crippen LogP contribution in [0.15, 0.2) is 48.8 Å². The summed E-state index contributed by atoms with van der Waals surface area (Å²) in [7, 11) is 0. The highest BCUT2D eigenvalue weighted by Gasteiger charge is 2.11. The maximum Gasteiger partial charge on any atom is 0.320 e. The highest BCUT2D eigenvalue weighted by Crippen LogP contribution is 2.19. The van der Waals surface area contributed by atoms with E-state index in [0.29, 0.717) is 6.42 Å². The van der Waals surface area contributed by atoms with Crippen molar-refractivity contribution in [2.45, 2.75) is 12.5 Å². The molecule has 1 aromatic heterocycles. The van der Waals surface area contributed by atoms with E-state index in [1.54, 1.807) is 12.4 Å². The predicted molar refractivity (Wildman–Crippen MR) is 69.0 cm³/mol. The second-order valence-electron chi connectivity index (χ2n) is 4.08. The molecule has 0 saturated carbocycles. The molecule has 18 heavy (non-hydrogen) atoms. The summed E-state index contributed by atoms with van der Waals surface area (Å²) in [5, 5.41) is 8.74. The van der Waals surface area contributed by atoms with Gasteiger partial charge in [0.05, 0.1) is 0 Å². The summed E-state index contributed by atoms with van der Waals surface area (Å²) in [6, 6.07) is 10.7. The highest BCUT2D eigenvalue weighted by atomic mass is 16.4. The molecule has 1 atom stereocenters. The summed E-state index contributed by atoms with van der Waals surface area (Å²) in [6.07, 6.45) is 3.82. The Morgan fingerprint density at radius 2 is 1.67 bits per heavy atom. The quantitative estimate of drug-likeness (QED) is 0.855. The minimum Gasteiger partial charge on any atom is -0.480 e. The SMILES string of the molecule is NC(Cc1ccc(-c2ccncc2)cc1)C(=O)O. The minimum absolute atomic E-state index is 0.339. The fourth-order valence-electron chi connectivity index (χ4n) is 1.72. The van der Waals surface area contributed by atoms with Gasteiger partial charge in [0.1, 0.15) is 6.04 Å². The number of benzene rings is 1. The first kappa shape index (κ1) is 12.3. The third-order valence-electron chi connectivity index (χ3n) is 2.74. The lowest BCUT2D eigenvalue weighted by Crippen LogP contribution is -2.32. The van der Waals surface area contributed by atoms with E-state index in [1.807, 2.05) is 36.4 Å². The highest BCUT2D eigenvalue weighted by molar-refractivity contribution is 5.73. The molecule has 1 heterocycles. The molecule has 0 bridgehead atoms. The van der Waals surface area contributed by atoms with Crippen LogP contribution in [0.5, 0.6) is 0 Å². The average molecular weight is 242 g/mol. The van der Waals surface area contributed by atoms with E-state index in [4.69, 9.17) is 10.8 Å². The molecule has 1 unspecified atom stereocenters. The lowest BCUT2D eigenvalue weighted by Gasteiger charge is -2.07. The van der Waals surface area contributed by atoms with E-state index in [-0.39, 0.29) is 0 Å². The van der Waals surface area contributed by atoms with Gasteiger partial charge in [-0.15, -0.1) is 0 Å². The van der Waals surface area contributed by atoms with Crippen molar-refractivity contribution in [3.8, 4) is 11.1 Å². The third kappa shape index (κ3) is 2.93. The first-order valence-electron chi connectivity index (χ1n) is 5.64. The fourth-order valence-corrected chi connectivity index (χ4v) is 1.72. The van der Waals surface area contributed by atoms with Crippen molar-refractivity contribution in [3.05, 3.63) is 54.4 Å². The Balaban J connectivity index is 2.13. The van der Waals surface area contributed by atoms with Crippen molar-refractivity contribution in [2.75, 3.05) is 0 Å². The lowest BCUT2D eigenvalue weighted by molar-refractivity contribution is -0.138. The van der Waals surface area contributed by atoms with E-state index < -0.39 is 12.0 Å². The van der Waals surface area contributed by atoms with Crippen molar-refractivity contribution >= 4 is 5.97 Å². The van der Waals surface area contributed by atoms with Gasteiger partial charge in [-0.1, -0.05) is 24.3 Å². The molecule has 1 aromatic carbocycles. The van der Waals surface area contributed by atoms with E-state index >= 15 is 0 Å². The predicted octanol–water partition coefficient (Wildman–Crippen LogP) is 1.70. The number of hydrogen-bond acceptors (Lipinski definition) is 3. The van der Waals surface area contributed by atoms with Crippen molar-refractivity contribution < 1.29 is 9.90 Å². The molecule has 0 saturated heterocycles. The first-order valence-corrected chi connectivity index (χ1v) is 5.64. The van der Waals surface area contributed by atoms with Crippen molar-refractivity contribution in [1.29, 1.82) is 0 Å². The van der Waals surface area contributed by atoms with Crippen LogP contribution in [0.1, 0.15) is 5.56 Å². The Morgan fingerprint density at radius 1 is 1.11 bits per heavy atom. The third-order valence-corrected chi connectivity index (χ3v) is 2.74. The van der Waals surface area contributed by atoms with Crippen LogP contribution in [-0.2, 0) is 11.2 Å². The topological polar surface area (TPSA) is 76.2 Å². The number of hydrogen-bond donors (Lipinski definition) is 2. The van der Waals surface area contributed by atoms with E-state index in [9.17, 15) is 4.79 Å². The zero-order chi connectivity index (χ0) is 13.0. The molecule has 0 spiro atoms. The van der Waals surface area contributed by atoms with Gasteiger partial charge >= 0.3 is 5.97 Å². The molecule has 4 nitrogen and oxygen atoms in total. The molecule has 4 heteroatoms. The molecule has 0 fully saturated rings. The number of nitrogens with two attached hydrogens (primary N) is 1. The largest absolute Gasteiger partial charge is 0.480 e. The molecule has 0 aliphatic rings. The molecule has 0 amide bonds. The zero-order valence-corrected chi connectivity index (χ0v) is 9.78. The Hall–Kier alpha value is -2.20. The van der Waals surface area contributed by atoms with Gasteiger partial charge in [-0.3, -0.25) is 9.78 Å². The number of carbonyl (C=O) groups is 1. The Labute approximate surface area is 105 Å². The normalized spacial score (nSPS) is 12.1. The van der Waals surface area contributed by atoms with E-state index in [1.165, 1.54) is 0 Å². The summed E-state index contributed by atoms with van der Waals surface area (Å²) in [5.41, 5.74) is 8.57. The molecule has 2 rings (SSSR count). The van der Waals surface area contributed by atoms with Crippen LogP contribution >= 0.6 is 0 Å². The molecule has 3 N–H and O–H groups in total. The maximum atomic E-state index is 10.7. The molecule has 92 valence electrons. The van der Waals surface area contributed by atoms with Gasteiger partial charge in [0.25, 0.3) is 0 Å². The maximum absolute atomic E-state index is 10.7. The van der Waals surface area contributed by atoms with Crippen LogP contribution in [0.4, 0.5) is 0 Å². The van der Waals surface area contributed by atoms with Crippen molar-refractivity contribution in [2.24, 2.45) is 5.73 Å². The number of pyridine rings is 1. The molecule has 2 aromatic rings. The average Bonchev–Trinajstić information content (AvgIpc) is 2.40.